The summed E-state index contributed by atoms with van der Waals surface area (Å²) in [5.41, 5.74) is 5.71. The molecule has 116 valence electrons. The van der Waals surface area contributed by atoms with Gasteiger partial charge in [0.05, 0.1) is 5.92 Å². The van der Waals surface area contributed by atoms with Crippen molar-refractivity contribution in [2.75, 3.05) is 13.1 Å². The topological polar surface area (TPSA) is 83.6 Å². The zero-order valence-electron chi connectivity index (χ0n) is 12.8. The van der Waals surface area contributed by atoms with Gasteiger partial charge in [0.2, 0.25) is 5.91 Å². The van der Waals surface area contributed by atoms with Crippen LogP contribution in [0.25, 0.3) is 0 Å². The van der Waals surface area contributed by atoms with Gasteiger partial charge in [-0.05, 0) is 31.1 Å². The first kappa shape index (κ1) is 17.0. The summed E-state index contributed by atoms with van der Waals surface area (Å²) >= 11 is 0. The highest BCUT2D eigenvalue weighted by molar-refractivity contribution is 5.85. The number of piperidine rings is 1. The van der Waals surface area contributed by atoms with Crippen molar-refractivity contribution < 1.29 is 14.7 Å². The predicted octanol–water partition coefficient (Wildman–Crippen LogP) is 1.71. The molecule has 0 aliphatic carbocycles. The molecule has 1 aliphatic rings. The molecule has 0 bridgehead atoms. The van der Waals surface area contributed by atoms with Crippen LogP contribution < -0.4 is 5.73 Å². The van der Waals surface area contributed by atoms with Crippen molar-refractivity contribution in [1.29, 1.82) is 0 Å². The lowest BCUT2D eigenvalue weighted by molar-refractivity contribution is -0.155. The number of hydrogen-bond acceptors (Lipinski definition) is 3. The summed E-state index contributed by atoms with van der Waals surface area (Å²) in [4.78, 5) is 25.5. The van der Waals surface area contributed by atoms with Gasteiger partial charge in [0, 0.05) is 13.1 Å². The number of nitrogens with two attached hydrogens (primary N) is 1. The highest BCUT2D eigenvalue weighted by Crippen LogP contribution is 2.27. The Morgan fingerprint density at radius 2 is 2.05 bits per heavy atom. The minimum atomic E-state index is -0.892. The lowest BCUT2D eigenvalue weighted by Gasteiger charge is -2.38. The average Bonchev–Trinajstić information content (AvgIpc) is 2.42. The van der Waals surface area contributed by atoms with Gasteiger partial charge in [0.15, 0.2) is 0 Å². The van der Waals surface area contributed by atoms with Crippen molar-refractivity contribution in [3.05, 3.63) is 0 Å². The van der Waals surface area contributed by atoms with Gasteiger partial charge >= 0.3 is 5.97 Å². The van der Waals surface area contributed by atoms with Gasteiger partial charge in [-0.2, -0.15) is 0 Å². The molecular formula is C15H28N2O3. The molecule has 5 heteroatoms. The van der Waals surface area contributed by atoms with Crippen LogP contribution in [0, 0.1) is 17.8 Å². The van der Waals surface area contributed by atoms with Gasteiger partial charge in [0.1, 0.15) is 6.04 Å². The number of likely N-dealkylation sites (tertiary alicyclic amines) is 1. The van der Waals surface area contributed by atoms with Gasteiger partial charge in [-0.3, -0.25) is 4.79 Å². The summed E-state index contributed by atoms with van der Waals surface area (Å²) in [6, 6.07) is -0.678. The molecule has 0 aromatic rings. The fourth-order valence-corrected chi connectivity index (χ4v) is 3.01. The van der Waals surface area contributed by atoms with Crippen molar-refractivity contribution >= 4 is 11.9 Å². The molecule has 3 unspecified atom stereocenters. The molecule has 1 heterocycles. The van der Waals surface area contributed by atoms with Crippen LogP contribution in [0.2, 0.25) is 0 Å². The van der Waals surface area contributed by atoms with E-state index in [4.69, 9.17) is 5.73 Å². The average molecular weight is 284 g/mol. The summed E-state index contributed by atoms with van der Waals surface area (Å²) in [6.45, 7) is 7.00. The predicted molar refractivity (Wildman–Crippen MR) is 78.2 cm³/mol. The molecule has 20 heavy (non-hydrogen) atoms. The molecule has 1 fully saturated rings. The monoisotopic (exact) mass is 284 g/mol. The Labute approximate surface area is 121 Å². The van der Waals surface area contributed by atoms with Crippen LogP contribution in [0.5, 0.6) is 0 Å². The molecule has 0 radical (unpaired) electrons. The summed E-state index contributed by atoms with van der Waals surface area (Å²) in [7, 11) is 0. The third-order valence-electron chi connectivity index (χ3n) is 4.25. The minimum absolute atomic E-state index is 0.0804. The van der Waals surface area contributed by atoms with E-state index in [0.29, 0.717) is 24.8 Å². The SMILES string of the molecule is CCC1CCN(C(=O)C(CN)CC(C)C)C(C(=O)O)C1. The van der Waals surface area contributed by atoms with E-state index in [1.165, 1.54) is 0 Å². The second kappa shape index (κ2) is 7.62. The Morgan fingerprint density at radius 1 is 1.40 bits per heavy atom. The summed E-state index contributed by atoms with van der Waals surface area (Å²) in [5.74, 6) is -0.444. The van der Waals surface area contributed by atoms with E-state index in [1.54, 1.807) is 4.90 Å². The Kier molecular flexibility index (Phi) is 6.46. The smallest absolute Gasteiger partial charge is 0.326 e. The maximum absolute atomic E-state index is 12.6. The minimum Gasteiger partial charge on any atom is -0.480 e. The molecule has 1 aliphatic heterocycles. The molecule has 1 rings (SSSR count). The fourth-order valence-electron chi connectivity index (χ4n) is 3.01. The fraction of sp³-hybridized carbons (Fsp3) is 0.867. The molecule has 1 amide bonds. The van der Waals surface area contributed by atoms with Crippen molar-refractivity contribution in [2.24, 2.45) is 23.5 Å². The largest absolute Gasteiger partial charge is 0.480 e. The highest BCUT2D eigenvalue weighted by atomic mass is 16.4. The Balaban J connectivity index is 2.80. The van der Waals surface area contributed by atoms with E-state index >= 15 is 0 Å². The Morgan fingerprint density at radius 3 is 2.50 bits per heavy atom. The van der Waals surface area contributed by atoms with Crippen LogP contribution in [0.15, 0.2) is 0 Å². The number of aliphatic carboxylic acids is 1. The van der Waals surface area contributed by atoms with E-state index in [9.17, 15) is 14.7 Å². The number of carboxylic acids is 1. The molecule has 3 N–H and O–H groups in total. The maximum Gasteiger partial charge on any atom is 0.326 e. The van der Waals surface area contributed by atoms with Gasteiger partial charge in [-0.15, -0.1) is 0 Å². The van der Waals surface area contributed by atoms with E-state index in [2.05, 4.69) is 6.92 Å². The van der Waals surface area contributed by atoms with Gasteiger partial charge < -0.3 is 15.7 Å². The molecular weight excluding hydrogens is 256 g/mol. The second-order valence-corrected chi connectivity index (χ2v) is 6.25. The normalized spacial score (nSPS) is 24.8. The number of carboxylic acid groups (broad SMARTS) is 1. The molecule has 3 atom stereocenters. The van der Waals surface area contributed by atoms with Crippen LogP contribution in [0.1, 0.15) is 46.5 Å². The third kappa shape index (κ3) is 4.20. The molecule has 1 saturated heterocycles. The number of nitrogens with zero attached hydrogens (tertiary/aromatic N) is 1. The highest BCUT2D eigenvalue weighted by Gasteiger charge is 2.37. The quantitative estimate of drug-likeness (QED) is 0.777. The van der Waals surface area contributed by atoms with Crippen molar-refractivity contribution in [3.63, 3.8) is 0 Å². The van der Waals surface area contributed by atoms with Crippen LogP contribution in [0.3, 0.4) is 0 Å². The van der Waals surface area contributed by atoms with E-state index in [-0.39, 0.29) is 18.4 Å². The Hall–Kier alpha value is -1.10. The number of carbonyl (C=O) groups excluding carboxylic acids is 1. The second-order valence-electron chi connectivity index (χ2n) is 6.25. The van der Waals surface area contributed by atoms with Crippen LogP contribution in [-0.4, -0.2) is 41.0 Å². The van der Waals surface area contributed by atoms with Gasteiger partial charge in [-0.1, -0.05) is 27.2 Å². The first-order valence-electron chi connectivity index (χ1n) is 7.64. The molecule has 0 spiro atoms. The molecule has 0 aromatic heterocycles. The van der Waals surface area contributed by atoms with Crippen LogP contribution in [-0.2, 0) is 9.59 Å². The molecule has 5 nitrogen and oxygen atoms in total. The Bertz CT molecular complexity index is 344. The summed E-state index contributed by atoms with van der Waals surface area (Å²) < 4.78 is 0. The summed E-state index contributed by atoms with van der Waals surface area (Å²) in [6.07, 6.45) is 3.15. The van der Waals surface area contributed by atoms with Crippen molar-refractivity contribution in [1.82, 2.24) is 4.90 Å². The summed E-state index contributed by atoms with van der Waals surface area (Å²) in [5, 5.41) is 9.38. The lowest BCUT2D eigenvalue weighted by Crippen LogP contribution is -2.53. The third-order valence-corrected chi connectivity index (χ3v) is 4.25. The number of rotatable bonds is 6. The zero-order valence-corrected chi connectivity index (χ0v) is 12.8. The zero-order chi connectivity index (χ0) is 15.3. The van der Waals surface area contributed by atoms with Crippen molar-refractivity contribution in [2.45, 2.75) is 52.5 Å². The van der Waals surface area contributed by atoms with Crippen LogP contribution in [0.4, 0.5) is 0 Å². The molecule has 0 saturated carbocycles. The van der Waals surface area contributed by atoms with Crippen LogP contribution >= 0.6 is 0 Å². The number of carbonyl (C=O) groups is 2. The van der Waals surface area contributed by atoms with E-state index in [1.807, 2.05) is 13.8 Å². The molecule has 0 aromatic carbocycles. The number of hydrogen-bond donors (Lipinski definition) is 2. The first-order valence-corrected chi connectivity index (χ1v) is 7.64. The lowest BCUT2D eigenvalue weighted by atomic mass is 9.87. The van der Waals surface area contributed by atoms with Gasteiger partial charge in [0.25, 0.3) is 0 Å². The van der Waals surface area contributed by atoms with E-state index in [0.717, 1.165) is 19.3 Å². The number of amides is 1. The van der Waals surface area contributed by atoms with Crippen molar-refractivity contribution in [3.8, 4) is 0 Å². The standard InChI is InChI=1S/C15H28N2O3/c1-4-11-5-6-17(13(8-11)15(19)20)14(18)12(9-16)7-10(2)3/h10-13H,4-9,16H2,1-3H3,(H,19,20). The van der Waals surface area contributed by atoms with Gasteiger partial charge in [-0.25, -0.2) is 4.79 Å². The first-order chi connectivity index (χ1) is 9.40. The maximum atomic E-state index is 12.6. The van der Waals surface area contributed by atoms with E-state index < -0.39 is 12.0 Å².